The molecule has 0 heterocycles. The number of fused-ring (bicyclic) bond motifs is 6. The van der Waals surface area contributed by atoms with Crippen LogP contribution in [0.4, 0.5) is 92.2 Å². The second kappa shape index (κ2) is 10.8. The van der Waals surface area contributed by atoms with Gasteiger partial charge in [-0.1, -0.05) is 0 Å². The maximum Gasteiger partial charge on any atom is 0.199 e. The van der Waals surface area contributed by atoms with Gasteiger partial charge in [0.1, 0.15) is 5.82 Å². The Hall–Kier alpha value is -5.37. The van der Waals surface area contributed by atoms with Crippen LogP contribution in [0.1, 0.15) is 33.4 Å². The molecule has 2 aliphatic carbocycles. The van der Waals surface area contributed by atoms with E-state index < -0.39 is 184 Å². The average molecular weight is 784 g/mol. The van der Waals surface area contributed by atoms with Crippen LogP contribution < -0.4 is 0 Å². The maximum absolute atomic E-state index is 17.5. The number of hydrogen-bond acceptors (Lipinski definition) is 0. The molecule has 0 N–H and O–H groups in total. The number of benzene rings is 5. The minimum Gasteiger partial charge on any atom is -0.228 e. The molecule has 21 heteroatoms. The molecule has 0 amide bonds. The predicted octanol–water partition coefficient (Wildman–Crippen LogP) is 10.8. The van der Waals surface area contributed by atoms with Gasteiger partial charge in [-0.3, -0.25) is 0 Å². The molecule has 0 radical (unpaired) electrons. The molecule has 53 heavy (non-hydrogen) atoms. The lowest BCUT2D eigenvalue weighted by atomic mass is 9.79. The fourth-order valence-corrected chi connectivity index (χ4v) is 6.69. The summed E-state index contributed by atoms with van der Waals surface area (Å²) in [6.07, 6.45) is 0. The van der Waals surface area contributed by atoms with Crippen LogP contribution in [-0.4, -0.2) is 0 Å². The van der Waals surface area contributed by atoms with Crippen molar-refractivity contribution in [1.82, 2.24) is 0 Å². The van der Waals surface area contributed by atoms with Crippen LogP contribution in [0.25, 0.3) is 22.3 Å². The van der Waals surface area contributed by atoms with E-state index in [0.29, 0.717) is 0 Å². The van der Waals surface area contributed by atoms with Crippen LogP contribution >= 0.6 is 0 Å². The van der Waals surface area contributed by atoms with Crippen LogP contribution in [0.2, 0.25) is 0 Å². The first-order valence-corrected chi connectivity index (χ1v) is 13.5. The van der Waals surface area contributed by atoms with Gasteiger partial charge in [0.05, 0.1) is 5.56 Å². The van der Waals surface area contributed by atoms with Crippen molar-refractivity contribution < 1.29 is 92.2 Å². The van der Waals surface area contributed by atoms with E-state index in [4.69, 9.17) is 0 Å². The highest BCUT2D eigenvalue weighted by Gasteiger charge is 2.61. The number of hydrogen-bond donors (Lipinski definition) is 0. The summed E-state index contributed by atoms with van der Waals surface area (Å²) in [5.41, 5.74) is -38.3. The Labute approximate surface area is 276 Å². The van der Waals surface area contributed by atoms with Gasteiger partial charge in [-0.25, -0.2) is 92.2 Å². The summed E-state index contributed by atoms with van der Waals surface area (Å²) in [6.45, 7) is 0. The minimum absolute atomic E-state index is 0.977. The van der Waals surface area contributed by atoms with Crippen LogP contribution in [0.3, 0.4) is 0 Å². The normalized spacial score (nSPS) is 14.8. The van der Waals surface area contributed by atoms with E-state index in [1.165, 1.54) is 0 Å². The van der Waals surface area contributed by atoms with Crippen molar-refractivity contribution in [2.24, 2.45) is 0 Å². The second-order valence-corrected chi connectivity index (χ2v) is 11.2. The molecule has 0 fully saturated rings. The predicted molar refractivity (Wildman–Crippen MR) is 131 cm³/mol. The van der Waals surface area contributed by atoms with Crippen LogP contribution in [-0.2, 0) is 11.3 Å². The number of alkyl halides is 2. The molecule has 0 spiro atoms. The molecule has 0 nitrogen and oxygen atoms in total. The molecule has 0 unspecified atom stereocenters. The lowest BCUT2D eigenvalue weighted by Crippen LogP contribution is -2.32. The Morgan fingerprint density at radius 1 is 0.245 bits per heavy atom. The Bertz CT molecular complexity index is 2450. The highest BCUT2D eigenvalue weighted by atomic mass is 19.2. The zero-order chi connectivity index (χ0) is 39.5. The quantitative estimate of drug-likeness (QED) is 0.0950. The van der Waals surface area contributed by atoms with E-state index in [1.54, 1.807) is 0 Å². The first-order valence-electron chi connectivity index (χ1n) is 13.5. The van der Waals surface area contributed by atoms with Gasteiger partial charge >= 0.3 is 0 Å². The third-order valence-electron chi connectivity index (χ3n) is 8.82. The molecule has 7 rings (SSSR count). The van der Waals surface area contributed by atoms with Gasteiger partial charge in [-0.15, -0.1) is 0 Å². The Morgan fingerprint density at radius 2 is 0.491 bits per heavy atom. The summed E-state index contributed by atoms with van der Waals surface area (Å²) in [6, 6.07) is -0.977. The van der Waals surface area contributed by atoms with E-state index in [-0.39, 0.29) is 0 Å². The molecule has 0 saturated carbocycles. The van der Waals surface area contributed by atoms with Gasteiger partial charge in [0.15, 0.2) is 116 Å². The van der Waals surface area contributed by atoms with Crippen molar-refractivity contribution in [3.63, 3.8) is 0 Å². The first-order chi connectivity index (χ1) is 24.5. The van der Waals surface area contributed by atoms with E-state index >= 15 is 57.1 Å². The van der Waals surface area contributed by atoms with Crippen LogP contribution in [0.5, 0.6) is 0 Å². The summed E-state index contributed by atoms with van der Waals surface area (Å²) in [5.74, 6) is -59.3. The lowest BCUT2D eigenvalue weighted by molar-refractivity contribution is 0.227. The largest absolute Gasteiger partial charge is 0.228 e. The third-order valence-corrected chi connectivity index (χ3v) is 8.82. The van der Waals surface area contributed by atoms with Gasteiger partial charge in [0.25, 0.3) is 0 Å². The fourth-order valence-electron chi connectivity index (χ4n) is 6.69. The summed E-state index contributed by atoms with van der Waals surface area (Å²) in [5, 5.41) is 0. The zero-order valence-electron chi connectivity index (χ0n) is 24.0. The average Bonchev–Trinajstić information content (AvgIpc) is 3.56. The summed E-state index contributed by atoms with van der Waals surface area (Å²) >= 11 is 0. The fraction of sp³-hybridized carbons (Fsp3) is 0.0625. The van der Waals surface area contributed by atoms with Crippen LogP contribution in [0, 0.1) is 111 Å². The molecule has 0 aromatic heterocycles. The number of halogens is 21. The Balaban J connectivity index is 1.73. The highest BCUT2D eigenvalue weighted by molar-refractivity contribution is 5.86. The molecule has 5 aromatic carbocycles. The highest BCUT2D eigenvalue weighted by Crippen LogP contribution is 2.62. The van der Waals surface area contributed by atoms with Gasteiger partial charge in [-0.05, 0) is 6.07 Å². The van der Waals surface area contributed by atoms with Crippen LogP contribution in [0.15, 0.2) is 6.07 Å². The molecule has 5 aromatic rings. The maximum atomic E-state index is 17.5. The molecular weight excluding hydrogens is 783 g/mol. The minimum atomic E-state index is -5.62. The zero-order valence-corrected chi connectivity index (χ0v) is 24.0. The Morgan fingerprint density at radius 3 is 0.774 bits per heavy atom. The van der Waals surface area contributed by atoms with Gasteiger partial charge in [-0.2, -0.15) is 0 Å². The Kier molecular flexibility index (Phi) is 7.37. The van der Waals surface area contributed by atoms with Crippen molar-refractivity contribution in [3.8, 4) is 22.3 Å². The van der Waals surface area contributed by atoms with Crippen molar-refractivity contribution >= 4 is 0 Å². The first kappa shape index (κ1) is 36.0. The van der Waals surface area contributed by atoms with E-state index in [2.05, 4.69) is 0 Å². The molecule has 0 aliphatic heterocycles. The molecule has 0 saturated heterocycles. The lowest BCUT2D eigenvalue weighted by Gasteiger charge is -2.30. The molecular formula is C32HF21. The van der Waals surface area contributed by atoms with Crippen molar-refractivity contribution in [1.29, 1.82) is 0 Å². The van der Waals surface area contributed by atoms with Gasteiger partial charge in [0, 0.05) is 50.1 Å². The van der Waals surface area contributed by atoms with Crippen molar-refractivity contribution in [3.05, 3.63) is 150 Å². The molecule has 276 valence electrons. The van der Waals surface area contributed by atoms with Crippen molar-refractivity contribution in [2.45, 2.75) is 11.3 Å². The SMILES string of the molecule is Fc1cc(C2(F)c3c(F)c(F)c(F)c(F)c3-c3c(F)c(F)c(F)c(F)c32)c(F)c(C2(F)c3c(F)c(F)c(F)c(F)c3-c3c(F)c(F)c(F)c(F)c32)c1F. The van der Waals surface area contributed by atoms with Gasteiger partial charge in [0.2, 0.25) is 0 Å². The van der Waals surface area contributed by atoms with E-state index in [1.807, 2.05) is 0 Å². The smallest absolute Gasteiger partial charge is 0.199 e. The summed E-state index contributed by atoms with van der Waals surface area (Å²) < 4.78 is 319. The van der Waals surface area contributed by atoms with Gasteiger partial charge < -0.3 is 0 Å². The summed E-state index contributed by atoms with van der Waals surface area (Å²) in [4.78, 5) is 0. The standard InChI is InChI=1S/C32HF21/c33-3-1-2(31(52)8-4(15(36)23(44)27(48)19(8)40)5-9(31)20(41)28(49)24(45)16(5)37)13(34)12(14(3)35)32(53)10-6(17(38)25(46)29(50)21(10)42)7-11(32)22(43)30(51)26(47)18(7)39/h1H. The number of rotatable bonds is 2. The van der Waals surface area contributed by atoms with E-state index in [0.717, 1.165) is 0 Å². The molecule has 0 atom stereocenters. The topological polar surface area (TPSA) is 0 Å². The van der Waals surface area contributed by atoms with E-state index in [9.17, 15) is 35.1 Å². The molecule has 2 aliphatic rings. The second-order valence-electron chi connectivity index (χ2n) is 11.2. The third kappa shape index (κ3) is 3.88. The van der Waals surface area contributed by atoms with Crippen molar-refractivity contribution in [2.75, 3.05) is 0 Å². The summed E-state index contributed by atoms with van der Waals surface area (Å²) in [7, 11) is 0. The monoisotopic (exact) mass is 784 g/mol. The molecule has 0 bridgehead atoms.